The monoisotopic (exact) mass is 277 g/mol. The van der Waals surface area contributed by atoms with Gasteiger partial charge in [0.05, 0.1) is 23.5 Å². The smallest absolute Gasteiger partial charge is 0.296 e. The number of rotatable bonds is 4. The highest BCUT2D eigenvalue weighted by molar-refractivity contribution is 5.70. The third-order valence-electron chi connectivity index (χ3n) is 3.26. The van der Waals surface area contributed by atoms with Gasteiger partial charge in [-0.1, -0.05) is 0 Å². The third kappa shape index (κ3) is 2.59. The molecule has 1 aromatic carbocycles. The summed E-state index contributed by atoms with van der Waals surface area (Å²) in [5.41, 5.74) is 0.364. The Balaban J connectivity index is 2.45. The van der Waals surface area contributed by atoms with Crippen molar-refractivity contribution in [2.75, 3.05) is 25.2 Å². The molecule has 1 aromatic rings. The quantitative estimate of drug-likeness (QED) is 0.618. The van der Waals surface area contributed by atoms with Gasteiger partial charge in [-0.05, 0) is 6.92 Å². The van der Waals surface area contributed by atoms with Gasteiger partial charge in [-0.25, -0.2) is 0 Å². The average molecular weight is 277 g/mol. The molecule has 0 aromatic heterocycles. The maximum absolute atomic E-state index is 11.2. The summed E-state index contributed by atoms with van der Waals surface area (Å²) in [6.45, 7) is 2.63. The summed E-state index contributed by atoms with van der Waals surface area (Å²) in [5.74, 6) is 0.876. The lowest BCUT2D eigenvalue weighted by atomic mass is 10.1. The highest BCUT2D eigenvalue weighted by atomic mass is 16.6. The van der Waals surface area contributed by atoms with Crippen LogP contribution < -0.4 is 14.4 Å². The van der Waals surface area contributed by atoms with Crippen LogP contribution in [-0.4, -0.2) is 31.2 Å². The fraction of sp³-hybridized carbons (Fsp3) is 0.462. The van der Waals surface area contributed by atoms with Crippen LogP contribution in [0, 0.1) is 21.4 Å². The minimum absolute atomic E-state index is 0.0541. The standard InChI is InChI=1S/C13H15N3O4/c1-9(3-4-14)15(2)10-7-12-13(20-6-5-19-12)8-11(10)16(17)18/h7-9H,3,5-6H2,1-2H3. The Morgan fingerprint density at radius 2 is 2.05 bits per heavy atom. The summed E-state index contributed by atoms with van der Waals surface area (Å²) in [5, 5.41) is 20.0. The number of nitriles is 1. The van der Waals surface area contributed by atoms with Crippen molar-refractivity contribution in [1.82, 2.24) is 0 Å². The van der Waals surface area contributed by atoms with E-state index in [4.69, 9.17) is 14.7 Å². The van der Waals surface area contributed by atoms with Crippen LogP contribution in [0.2, 0.25) is 0 Å². The Kier molecular flexibility index (Phi) is 3.94. The Labute approximate surface area is 116 Å². The topological polar surface area (TPSA) is 88.6 Å². The van der Waals surface area contributed by atoms with Gasteiger partial charge in [-0.2, -0.15) is 5.26 Å². The normalized spacial score (nSPS) is 14.2. The molecule has 106 valence electrons. The van der Waals surface area contributed by atoms with Crippen LogP contribution in [0.25, 0.3) is 0 Å². The average Bonchev–Trinajstić information content (AvgIpc) is 2.45. The lowest BCUT2D eigenvalue weighted by Crippen LogP contribution is -2.29. The first kappa shape index (κ1) is 13.9. The van der Waals surface area contributed by atoms with E-state index < -0.39 is 4.92 Å². The van der Waals surface area contributed by atoms with Gasteiger partial charge in [-0.3, -0.25) is 10.1 Å². The molecule has 0 radical (unpaired) electrons. The van der Waals surface area contributed by atoms with Crippen molar-refractivity contribution in [2.24, 2.45) is 0 Å². The van der Waals surface area contributed by atoms with E-state index in [9.17, 15) is 10.1 Å². The second-order valence-corrected chi connectivity index (χ2v) is 4.56. The third-order valence-corrected chi connectivity index (χ3v) is 3.26. The van der Waals surface area contributed by atoms with Crippen molar-refractivity contribution in [3.8, 4) is 17.6 Å². The minimum Gasteiger partial charge on any atom is -0.486 e. The molecule has 20 heavy (non-hydrogen) atoms. The molecule has 2 rings (SSSR count). The molecule has 0 saturated heterocycles. The van der Waals surface area contributed by atoms with Crippen molar-refractivity contribution in [1.29, 1.82) is 5.26 Å². The van der Waals surface area contributed by atoms with E-state index in [1.807, 2.05) is 6.92 Å². The molecule has 0 bridgehead atoms. The van der Waals surface area contributed by atoms with Gasteiger partial charge < -0.3 is 14.4 Å². The number of fused-ring (bicyclic) bond motifs is 1. The van der Waals surface area contributed by atoms with Gasteiger partial charge in [0.15, 0.2) is 11.5 Å². The van der Waals surface area contributed by atoms with Crippen molar-refractivity contribution < 1.29 is 14.4 Å². The maximum Gasteiger partial charge on any atom is 0.296 e. The van der Waals surface area contributed by atoms with Crippen LogP contribution in [0.5, 0.6) is 11.5 Å². The number of hydrogen-bond donors (Lipinski definition) is 0. The number of anilines is 1. The summed E-state index contributed by atoms with van der Waals surface area (Å²) in [7, 11) is 1.72. The van der Waals surface area contributed by atoms with E-state index in [0.29, 0.717) is 30.4 Å². The van der Waals surface area contributed by atoms with Crippen molar-refractivity contribution in [3.05, 3.63) is 22.2 Å². The molecule has 7 heteroatoms. The number of nitro groups is 1. The zero-order valence-corrected chi connectivity index (χ0v) is 11.3. The Hall–Kier alpha value is -2.49. The van der Waals surface area contributed by atoms with Crippen molar-refractivity contribution >= 4 is 11.4 Å². The second kappa shape index (κ2) is 5.65. The van der Waals surface area contributed by atoms with Gasteiger partial charge >= 0.3 is 0 Å². The predicted molar refractivity (Wildman–Crippen MR) is 72.2 cm³/mol. The molecule has 1 aliphatic heterocycles. The van der Waals surface area contributed by atoms with E-state index >= 15 is 0 Å². The molecule has 1 aliphatic rings. The first-order valence-corrected chi connectivity index (χ1v) is 6.22. The van der Waals surface area contributed by atoms with E-state index in [-0.39, 0.29) is 18.2 Å². The van der Waals surface area contributed by atoms with Gasteiger partial charge in [0, 0.05) is 19.2 Å². The molecule has 7 nitrogen and oxygen atoms in total. The van der Waals surface area contributed by atoms with Crippen LogP contribution in [0.15, 0.2) is 12.1 Å². The van der Waals surface area contributed by atoms with Crippen molar-refractivity contribution in [3.63, 3.8) is 0 Å². The van der Waals surface area contributed by atoms with E-state index in [1.54, 1.807) is 18.0 Å². The van der Waals surface area contributed by atoms with Gasteiger partial charge in [0.25, 0.3) is 5.69 Å². The maximum atomic E-state index is 11.2. The molecule has 0 fully saturated rings. The number of hydrogen-bond acceptors (Lipinski definition) is 6. The Morgan fingerprint density at radius 1 is 1.45 bits per heavy atom. The number of nitrogens with zero attached hydrogens (tertiary/aromatic N) is 3. The van der Waals surface area contributed by atoms with Crippen LogP contribution in [0.4, 0.5) is 11.4 Å². The van der Waals surface area contributed by atoms with Gasteiger partial charge in [0.2, 0.25) is 0 Å². The number of benzene rings is 1. The van der Waals surface area contributed by atoms with E-state index in [0.717, 1.165) is 0 Å². The van der Waals surface area contributed by atoms with E-state index in [1.165, 1.54) is 6.07 Å². The van der Waals surface area contributed by atoms with Crippen LogP contribution in [-0.2, 0) is 0 Å². The van der Waals surface area contributed by atoms with Gasteiger partial charge in [-0.15, -0.1) is 0 Å². The zero-order valence-electron chi connectivity index (χ0n) is 11.3. The second-order valence-electron chi connectivity index (χ2n) is 4.56. The Bertz CT molecular complexity index is 567. The first-order valence-electron chi connectivity index (χ1n) is 6.22. The lowest BCUT2D eigenvalue weighted by molar-refractivity contribution is -0.384. The number of ether oxygens (including phenoxy) is 2. The summed E-state index contributed by atoms with van der Waals surface area (Å²) >= 11 is 0. The molecular formula is C13H15N3O4. The summed E-state index contributed by atoms with van der Waals surface area (Å²) < 4.78 is 10.8. The molecule has 0 N–H and O–H groups in total. The molecule has 1 unspecified atom stereocenters. The van der Waals surface area contributed by atoms with Crippen molar-refractivity contribution in [2.45, 2.75) is 19.4 Å². The molecule has 0 aliphatic carbocycles. The molecule has 1 atom stereocenters. The van der Waals surface area contributed by atoms with Crippen LogP contribution in [0.1, 0.15) is 13.3 Å². The zero-order chi connectivity index (χ0) is 14.7. The number of nitro benzene ring substituents is 1. The molecular weight excluding hydrogens is 262 g/mol. The van der Waals surface area contributed by atoms with E-state index in [2.05, 4.69) is 6.07 Å². The minimum atomic E-state index is -0.455. The fourth-order valence-corrected chi connectivity index (χ4v) is 2.00. The SMILES string of the molecule is CC(CC#N)N(C)c1cc2c(cc1[N+](=O)[O-])OCCO2. The fourth-order valence-electron chi connectivity index (χ4n) is 2.00. The predicted octanol–water partition coefficient (Wildman–Crippen LogP) is 2.10. The van der Waals surface area contributed by atoms with Crippen LogP contribution in [0.3, 0.4) is 0 Å². The van der Waals surface area contributed by atoms with Gasteiger partial charge in [0.1, 0.15) is 18.9 Å². The molecule has 0 saturated carbocycles. The first-order chi connectivity index (χ1) is 9.54. The molecule has 0 amide bonds. The highest BCUT2D eigenvalue weighted by Crippen LogP contribution is 2.41. The summed E-state index contributed by atoms with van der Waals surface area (Å²) in [4.78, 5) is 12.5. The van der Waals surface area contributed by atoms with Crippen LogP contribution >= 0.6 is 0 Å². The highest BCUT2D eigenvalue weighted by Gasteiger charge is 2.26. The molecule has 0 spiro atoms. The Morgan fingerprint density at radius 3 is 2.60 bits per heavy atom. The summed E-state index contributed by atoms with van der Waals surface area (Å²) in [6.07, 6.45) is 0.280. The molecule has 1 heterocycles. The largest absolute Gasteiger partial charge is 0.486 e. The summed E-state index contributed by atoms with van der Waals surface area (Å²) in [6, 6.07) is 4.90. The lowest BCUT2D eigenvalue weighted by Gasteiger charge is -2.27.